The first-order chi connectivity index (χ1) is 13.9. The van der Waals surface area contributed by atoms with Gasteiger partial charge in [-0.05, 0) is 42.7 Å². The molecule has 0 aliphatic heterocycles. The molecule has 0 bridgehead atoms. The molecule has 0 saturated heterocycles. The number of benzene rings is 2. The van der Waals surface area contributed by atoms with Crippen LogP contribution in [0, 0.1) is 17.5 Å². The van der Waals surface area contributed by atoms with Crippen LogP contribution in [-0.2, 0) is 21.4 Å². The first-order valence-electron chi connectivity index (χ1n) is 9.62. The summed E-state index contributed by atoms with van der Waals surface area (Å²) in [4.78, 5) is 24.1. The van der Waals surface area contributed by atoms with Gasteiger partial charge in [0.05, 0.1) is 13.0 Å². The van der Waals surface area contributed by atoms with Crippen LogP contribution in [0.4, 0.5) is 13.2 Å². The molecular weight excluding hydrogens is 381 g/mol. The van der Waals surface area contributed by atoms with Crippen molar-refractivity contribution in [2.75, 3.05) is 13.1 Å². The molecule has 3 rings (SSSR count). The zero-order valence-electron chi connectivity index (χ0n) is 15.9. The molecule has 2 aromatic carbocycles. The summed E-state index contributed by atoms with van der Waals surface area (Å²) in [7, 11) is 0. The summed E-state index contributed by atoms with van der Waals surface area (Å²) in [6, 6.07) is 9.45. The third-order valence-corrected chi connectivity index (χ3v) is 5.38. The van der Waals surface area contributed by atoms with Crippen molar-refractivity contribution in [2.45, 2.75) is 37.5 Å². The van der Waals surface area contributed by atoms with E-state index in [-0.39, 0.29) is 25.1 Å². The molecule has 2 aromatic rings. The largest absolute Gasteiger partial charge is 0.354 e. The first kappa shape index (κ1) is 20.9. The van der Waals surface area contributed by atoms with E-state index >= 15 is 0 Å². The zero-order chi connectivity index (χ0) is 20.9. The summed E-state index contributed by atoms with van der Waals surface area (Å²) in [6.07, 6.45) is 2.77. The maximum absolute atomic E-state index is 14.3. The highest BCUT2D eigenvalue weighted by Crippen LogP contribution is 2.42. The fourth-order valence-electron chi connectivity index (χ4n) is 3.98. The predicted octanol–water partition coefficient (Wildman–Crippen LogP) is 3.39. The highest BCUT2D eigenvalue weighted by molar-refractivity contribution is 5.85. The second-order valence-corrected chi connectivity index (χ2v) is 7.44. The van der Waals surface area contributed by atoms with Crippen LogP contribution in [0.3, 0.4) is 0 Å². The Labute approximate surface area is 167 Å². The van der Waals surface area contributed by atoms with Gasteiger partial charge < -0.3 is 10.6 Å². The molecular formula is C22H23F3N2O2. The summed E-state index contributed by atoms with van der Waals surface area (Å²) in [5, 5.41) is 5.18. The lowest BCUT2D eigenvalue weighted by Gasteiger charge is -2.30. The Morgan fingerprint density at radius 3 is 2.21 bits per heavy atom. The number of amides is 2. The van der Waals surface area contributed by atoms with Gasteiger partial charge in [0.25, 0.3) is 0 Å². The molecule has 29 heavy (non-hydrogen) atoms. The fourth-order valence-corrected chi connectivity index (χ4v) is 3.98. The van der Waals surface area contributed by atoms with Crippen LogP contribution in [0.2, 0.25) is 0 Å². The Morgan fingerprint density at radius 2 is 1.55 bits per heavy atom. The molecule has 2 N–H and O–H groups in total. The van der Waals surface area contributed by atoms with Crippen LogP contribution in [0.25, 0.3) is 0 Å². The molecule has 4 nitrogen and oxygen atoms in total. The monoisotopic (exact) mass is 404 g/mol. The topological polar surface area (TPSA) is 58.2 Å². The zero-order valence-corrected chi connectivity index (χ0v) is 15.9. The van der Waals surface area contributed by atoms with E-state index in [1.54, 1.807) is 6.07 Å². The molecule has 0 spiro atoms. The van der Waals surface area contributed by atoms with E-state index in [0.717, 1.165) is 12.8 Å². The lowest BCUT2D eigenvalue weighted by Crippen LogP contribution is -2.44. The summed E-state index contributed by atoms with van der Waals surface area (Å²) in [6.45, 7) is -0.159. The number of nitrogens with one attached hydrogen (secondary N) is 2. The van der Waals surface area contributed by atoms with Gasteiger partial charge in [-0.25, -0.2) is 13.2 Å². The quantitative estimate of drug-likeness (QED) is 0.743. The van der Waals surface area contributed by atoms with Crippen molar-refractivity contribution in [1.29, 1.82) is 0 Å². The summed E-state index contributed by atoms with van der Waals surface area (Å²) in [5.74, 6) is -2.51. The van der Waals surface area contributed by atoms with E-state index in [1.807, 2.05) is 0 Å². The SMILES string of the molecule is O=C(CNC(=O)Cc1cccc(F)c1)NCC1(c2c(F)cccc2F)CCCC1. The minimum atomic E-state index is -0.781. The van der Waals surface area contributed by atoms with E-state index in [9.17, 15) is 22.8 Å². The van der Waals surface area contributed by atoms with E-state index in [4.69, 9.17) is 0 Å². The van der Waals surface area contributed by atoms with E-state index < -0.39 is 34.7 Å². The Kier molecular flexibility index (Phi) is 6.56. The van der Waals surface area contributed by atoms with Gasteiger partial charge in [0.15, 0.2) is 0 Å². The van der Waals surface area contributed by atoms with Gasteiger partial charge >= 0.3 is 0 Å². The number of carbonyl (C=O) groups is 2. The number of halogens is 3. The van der Waals surface area contributed by atoms with E-state index in [1.165, 1.54) is 36.4 Å². The minimum absolute atomic E-state index is 0.0212. The lowest BCUT2D eigenvalue weighted by molar-refractivity contribution is -0.125. The summed E-state index contributed by atoms with van der Waals surface area (Å²) < 4.78 is 41.8. The van der Waals surface area contributed by atoms with Crippen molar-refractivity contribution >= 4 is 11.8 Å². The summed E-state index contributed by atoms with van der Waals surface area (Å²) in [5.41, 5.74) is -0.257. The van der Waals surface area contributed by atoms with Gasteiger partial charge in [0.2, 0.25) is 11.8 Å². The van der Waals surface area contributed by atoms with Crippen molar-refractivity contribution in [3.05, 3.63) is 71.0 Å². The normalized spacial score (nSPS) is 15.1. The summed E-state index contributed by atoms with van der Waals surface area (Å²) >= 11 is 0. The highest BCUT2D eigenvalue weighted by Gasteiger charge is 2.40. The highest BCUT2D eigenvalue weighted by atomic mass is 19.1. The standard InChI is InChI=1S/C22H23F3N2O2/c23-16-6-3-5-15(11-16)12-19(28)26-13-20(29)27-14-22(9-1-2-10-22)21-17(24)7-4-8-18(21)25/h3-8,11H,1-2,9-10,12-14H2,(H,26,28)(H,27,29). The molecule has 0 radical (unpaired) electrons. The second-order valence-electron chi connectivity index (χ2n) is 7.44. The minimum Gasteiger partial charge on any atom is -0.354 e. The number of carbonyl (C=O) groups excluding carboxylic acids is 2. The van der Waals surface area contributed by atoms with Crippen LogP contribution in [-0.4, -0.2) is 24.9 Å². The first-order valence-corrected chi connectivity index (χ1v) is 9.62. The van der Waals surface area contributed by atoms with Crippen LogP contribution in [0.1, 0.15) is 36.8 Å². The lowest BCUT2D eigenvalue weighted by atomic mass is 9.78. The van der Waals surface area contributed by atoms with Crippen molar-refractivity contribution in [2.24, 2.45) is 0 Å². The predicted molar refractivity (Wildman–Crippen MR) is 103 cm³/mol. The van der Waals surface area contributed by atoms with Crippen LogP contribution in [0.15, 0.2) is 42.5 Å². The van der Waals surface area contributed by atoms with E-state index in [2.05, 4.69) is 10.6 Å². The maximum atomic E-state index is 14.3. The van der Waals surface area contributed by atoms with E-state index in [0.29, 0.717) is 18.4 Å². The van der Waals surface area contributed by atoms with Crippen molar-refractivity contribution in [3.63, 3.8) is 0 Å². The molecule has 0 heterocycles. The van der Waals surface area contributed by atoms with Crippen LogP contribution in [0.5, 0.6) is 0 Å². The van der Waals surface area contributed by atoms with Crippen molar-refractivity contribution in [1.82, 2.24) is 10.6 Å². The second kappa shape index (κ2) is 9.11. The molecule has 1 aliphatic rings. The maximum Gasteiger partial charge on any atom is 0.239 e. The molecule has 2 amide bonds. The number of hydrogen-bond donors (Lipinski definition) is 2. The van der Waals surface area contributed by atoms with Crippen LogP contribution >= 0.6 is 0 Å². The molecule has 1 fully saturated rings. The van der Waals surface area contributed by atoms with Gasteiger partial charge in [0, 0.05) is 17.5 Å². The van der Waals surface area contributed by atoms with Gasteiger partial charge in [-0.2, -0.15) is 0 Å². The van der Waals surface area contributed by atoms with Gasteiger partial charge in [-0.3, -0.25) is 9.59 Å². The number of hydrogen-bond acceptors (Lipinski definition) is 2. The third-order valence-electron chi connectivity index (χ3n) is 5.38. The molecule has 1 aliphatic carbocycles. The van der Waals surface area contributed by atoms with Crippen LogP contribution < -0.4 is 10.6 Å². The molecule has 0 aromatic heterocycles. The molecule has 1 saturated carbocycles. The molecule has 0 unspecified atom stereocenters. The fraction of sp³-hybridized carbons (Fsp3) is 0.364. The molecule has 154 valence electrons. The Hall–Kier alpha value is -2.83. The average molecular weight is 404 g/mol. The smallest absolute Gasteiger partial charge is 0.239 e. The molecule has 7 heteroatoms. The number of rotatable bonds is 7. The van der Waals surface area contributed by atoms with Gasteiger partial charge in [-0.15, -0.1) is 0 Å². The Bertz CT molecular complexity index is 875. The third kappa shape index (κ3) is 5.16. The van der Waals surface area contributed by atoms with Gasteiger partial charge in [0.1, 0.15) is 17.5 Å². The van der Waals surface area contributed by atoms with Crippen molar-refractivity contribution in [3.8, 4) is 0 Å². The Balaban J connectivity index is 1.55. The average Bonchev–Trinajstić information content (AvgIpc) is 3.14. The Morgan fingerprint density at radius 1 is 0.897 bits per heavy atom. The molecule has 0 atom stereocenters. The van der Waals surface area contributed by atoms with Crippen molar-refractivity contribution < 1.29 is 22.8 Å². The van der Waals surface area contributed by atoms with Gasteiger partial charge in [-0.1, -0.05) is 31.0 Å².